The zero-order valence-corrected chi connectivity index (χ0v) is 16.5. The molecular formula is C19H21Cl2N3O3. The van der Waals surface area contributed by atoms with Crippen LogP contribution in [-0.4, -0.2) is 29.6 Å². The molecule has 1 aliphatic rings. The molecule has 0 fully saturated rings. The van der Waals surface area contributed by atoms with Crippen molar-refractivity contribution in [3.8, 4) is 0 Å². The van der Waals surface area contributed by atoms with Crippen molar-refractivity contribution in [2.45, 2.75) is 26.5 Å². The Kier molecular flexibility index (Phi) is 7.47. The summed E-state index contributed by atoms with van der Waals surface area (Å²) >= 11 is 11.8. The Balaban J connectivity index is 0.000000596. The van der Waals surface area contributed by atoms with Crippen LogP contribution >= 0.6 is 23.2 Å². The molecule has 0 atom stereocenters. The van der Waals surface area contributed by atoms with Gasteiger partial charge in [-0.1, -0.05) is 29.3 Å². The van der Waals surface area contributed by atoms with Gasteiger partial charge in [-0.25, -0.2) is 0 Å². The summed E-state index contributed by atoms with van der Waals surface area (Å²) in [5.41, 5.74) is 2.71. The number of hydrogen-bond acceptors (Lipinski definition) is 4. The van der Waals surface area contributed by atoms with Gasteiger partial charge in [-0.05, 0) is 49.7 Å². The van der Waals surface area contributed by atoms with Crippen LogP contribution in [0.25, 0.3) is 0 Å². The number of fused-ring (bicyclic) bond motifs is 1. The molecule has 0 aliphatic carbocycles. The first-order valence-electron chi connectivity index (χ1n) is 8.34. The van der Waals surface area contributed by atoms with Gasteiger partial charge in [-0.15, -0.1) is 0 Å². The van der Waals surface area contributed by atoms with Gasteiger partial charge in [0.25, 0.3) is 5.91 Å². The molecule has 0 spiro atoms. The van der Waals surface area contributed by atoms with Crippen molar-refractivity contribution in [1.82, 2.24) is 5.32 Å². The van der Waals surface area contributed by atoms with Gasteiger partial charge >= 0.3 is 0 Å². The molecule has 0 bridgehead atoms. The smallest absolute Gasteiger partial charge is 0.251 e. The molecule has 0 aromatic heterocycles. The van der Waals surface area contributed by atoms with Gasteiger partial charge < -0.3 is 21.1 Å². The number of rotatable bonds is 3. The molecule has 1 aliphatic heterocycles. The maximum absolute atomic E-state index is 12.2. The molecule has 2 amide bonds. The molecule has 3 rings (SSSR count). The monoisotopic (exact) mass is 409 g/mol. The fourth-order valence-electron chi connectivity index (χ4n) is 2.25. The van der Waals surface area contributed by atoms with E-state index in [0.717, 1.165) is 11.3 Å². The first-order chi connectivity index (χ1) is 12.8. The summed E-state index contributed by atoms with van der Waals surface area (Å²) in [5, 5.41) is 17.5. The summed E-state index contributed by atoms with van der Waals surface area (Å²) in [6.45, 7) is 4.01. The molecule has 144 valence electrons. The third kappa shape index (κ3) is 6.43. The van der Waals surface area contributed by atoms with Gasteiger partial charge in [-0.2, -0.15) is 0 Å². The molecule has 2 aromatic rings. The highest BCUT2D eigenvalue weighted by Crippen LogP contribution is 2.26. The van der Waals surface area contributed by atoms with Crippen LogP contribution in [0, 0.1) is 0 Å². The minimum Gasteiger partial charge on any atom is -0.394 e. The van der Waals surface area contributed by atoms with Crippen LogP contribution in [-0.2, 0) is 11.3 Å². The largest absolute Gasteiger partial charge is 0.394 e. The number of carbonyl (C=O) groups is 2. The van der Waals surface area contributed by atoms with Crippen molar-refractivity contribution < 1.29 is 14.7 Å². The number of aliphatic hydroxyl groups excluding tert-OH is 1. The number of aliphatic hydroxyl groups is 1. The van der Waals surface area contributed by atoms with Gasteiger partial charge in [0.1, 0.15) is 0 Å². The summed E-state index contributed by atoms with van der Waals surface area (Å²) in [5.74, 6) is -0.371. The normalized spacial score (nSPS) is 12.3. The molecule has 0 saturated carbocycles. The molecule has 0 saturated heterocycles. The van der Waals surface area contributed by atoms with Crippen LogP contribution in [0.1, 0.15) is 29.8 Å². The van der Waals surface area contributed by atoms with Gasteiger partial charge in [0, 0.05) is 18.2 Å². The number of nitrogens with one attached hydrogen (secondary N) is 3. The van der Waals surface area contributed by atoms with E-state index >= 15 is 0 Å². The van der Waals surface area contributed by atoms with Crippen molar-refractivity contribution in [1.29, 1.82) is 0 Å². The fourth-order valence-corrected chi connectivity index (χ4v) is 2.57. The molecular weight excluding hydrogens is 389 g/mol. The lowest BCUT2D eigenvalue weighted by Gasteiger charge is -2.19. The second-order valence-corrected chi connectivity index (χ2v) is 7.00. The molecule has 27 heavy (non-hydrogen) atoms. The van der Waals surface area contributed by atoms with Gasteiger partial charge in [0.05, 0.1) is 28.0 Å². The van der Waals surface area contributed by atoms with Crippen LogP contribution < -0.4 is 16.0 Å². The number of amides is 2. The SMILES string of the molecule is CC(C)O.O=C1CNc2ccc(C(=O)NCc3ccc(Cl)c(Cl)c3)cc2N1. The van der Waals surface area contributed by atoms with Crippen molar-refractivity contribution in [3.63, 3.8) is 0 Å². The minimum atomic E-state index is -0.237. The zero-order valence-electron chi connectivity index (χ0n) is 15.0. The van der Waals surface area contributed by atoms with Crippen molar-refractivity contribution in [2.24, 2.45) is 0 Å². The Morgan fingerprint density at radius 3 is 2.52 bits per heavy atom. The first kappa shape index (κ1) is 21.0. The molecule has 0 unspecified atom stereocenters. The van der Waals surface area contributed by atoms with Crippen LogP contribution in [0.5, 0.6) is 0 Å². The average Bonchev–Trinajstić information content (AvgIpc) is 2.61. The van der Waals surface area contributed by atoms with E-state index < -0.39 is 0 Å². The Morgan fingerprint density at radius 1 is 1.15 bits per heavy atom. The summed E-state index contributed by atoms with van der Waals surface area (Å²) in [6, 6.07) is 10.3. The van der Waals surface area contributed by atoms with E-state index in [1.54, 1.807) is 50.2 Å². The first-order valence-corrected chi connectivity index (χ1v) is 9.10. The van der Waals surface area contributed by atoms with Crippen LogP contribution in [0.15, 0.2) is 36.4 Å². The van der Waals surface area contributed by atoms with Crippen LogP contribution in [0.4, 0.5) is 11.4 Å². The molecule has 0 radical (unpaired) electrons. The number of halogens is 2. The number of benzene rings is 2. The Morgan fingerprint density at radius 2 is 1.85 bits per heavy atom. The Bertz CT molecular complexity index is 838. The van der Waals surface area contributed by atoms with Crippen LogP contribution in [0.3, 0.4) is 0 Å². The maximum Gasteiger partial charge on any atom is 0.251 e. The van der Waals surface area contributed by atoms with Crippen molar-refractivity contribution in [2.75, 3.05) is 17.2 Å². The van der Waals surface area contributed by atoms with E-state index in [4.69, 9.17) is 28.3 Å². The number of anilines is 2. The van der Waals surface area contributed by atoms with Gasteiger partial charge in [0.2, 0.25) is 5.91 Å². The fraction of sp³-hybridized carbons (Fsp3) is 0.263. The quantitative estimate of drug-likeness (QED) is 0.622. The Labute approximate surface area is 167 Å². The lowest BCUT2D eigenvalue weighted by atomic mass is 10.1. The molecule has 8 heteroatoms. The van der Waals surface area contributed by atoms with Crippen LogP contribution in [0.2, 0.25) is 10.0 Å². The molecule has 1 heterocycles. The second kappa shape index (κ2) is 9.60. The highest BCUT2D eigenvalue weighted by Gasteiger charge is 2.16. The summed E-state index contributed by atoms with van der Waals surface area (Å²) in [7, 11) is 0. The van der Waals surface area contributed by atoms with E-state index in [2.05, 4.69) is 16.0 Å². The van der Waals surface area contributed by atoms with E-state index in [1.807, 2.05) is 0 Å². The summed E-state index contributed by atoms with van der Waals surface area (Å²) in [6.07, 6.45) is -0.167. The number of hydrogen-bond donors (Lipinski definition) is 4. The average molecular weight is 410 g/mol. The lowest BCUT2D eigenvalue weighted by molar-refractivity contribution is -0.114. The predicted molar refractivity (Wildman–Crippen MR) is 109 cm³/mol. The summed E-state index contributed by atoms with van der Waals surface area (Å²) in [4.78, 5) is 23.6. The molecule has 2 aromatic carbocycles. The minimum absolute atomic E-state index is 0.133. The van der Waals surface area contributed by atoms with E-state index in [-0.39, 0.29) is 24.5 Å². The van der Waals surface area contributed by atoms with Gasteiger partial charge in [0.15, 0.2) is 0 Å². The summed E-state index contributed by atoms with van der Waals surface area (Å²) < 4.78 is 0. The third-order valence-electron chi connectivity index (χ3n) is 3.43. The van der Waals surface area contributed by atoms with Crippen molar-refractivity contribution in [3.05, 3.63) is 57.6 Å². The second-order valence-electron chi connectivity index (χ2n) is 6.19. The zero-order chi connectivity index (χ0) is 20.0. The van der Waals surface area contributed by atoms with E-state index in [0.29, 0.717) is 27.8 Å². The topological polar surface area (TPSA) is 90.5 Å². The predicted octanol–water partition coefficient (Wildman–Crippen LogP) is 3.67. The highest BCUT2D eigenvalue weighted by atomic mass is 35.5. The number of carbonyl (C=O) groups excluding carboxylic acids is 2. The highest BCUT2D eigenvalue weighted by molar-refractivity contribution is 6.42. The van der Waals surface area contributed by atoms with E-state index in [9.17, 15) is 9.59 Å². The van der Waals surface area contributed by atoms with E-state index in [1.165, 1.54) is 0 Å². The standard InChI is InChI=1S/C16H13Cl2N3O2.C3H8O/c17-11-3-1-9(5-12(11)18)7-20-16(23)10-2-4-13-14(6-10)21-15(22)8-19-13;1-3(2)4/h1-6,19H,7-8H2,(H,20,23)(H,21,22);3-4H,1-2H3. The molecule has 6 nitrogen and oxygen atoms in total. The van der Waals surface area contributed by atoms with Gasteiger partial charge in [-0.3, -0.25) is 9.59 Å². The van der Waals surface area contributed by atoms with Crippen molar-refractivity contribution >= 4 is 46.4 Å². The molecule has 4 N–H and O–H groups in total. The lowest BCUT2D eigenvalue weighted by Crippen LogP contribution is -2.28. The maximum atomic E-state index is 12.2. The Hall–Kier alpha value is -2.28. The third-order valence-corrected chi connectivity index (χ3v) is 4.17.